The molecular formula is C26H27N3O2S2. The van der Waals surface area contributed by atoms with Crippen molar-refractivity contribution < 1.29 is 9.47 Å². The van der Waals surface area contributed by atoms with E-state index in [-0.39, 0.29) is 0 Å². The fourth-order valence-electron chi connectivity index (χ4n) is 3.40. The van der Waals surface area contributed by atoms with Crippen LogP contribution in [-0.2, 0) is 23.6 Å². The molecule has 0 bridgehead atoms. The molecule has 0 fully saturated rings. The third-order valence-electron chi connectivity index (χ3n) is 5.17. The van der Waals surface area contributed by atoms with Crippen molar-refractivity contribution >= 4 is 23.5 Å². The summed E-state index contributed by atoms with van der Waals surface area (Å²) in [5.74, 6) is 2.44. The molecule has 0 spiro atoms. The van der Waals surface area contributed by atoms with Crippen LogP contribution in [0.25, 0.3) is 11.1 Å². The SMILES string of the molecule is COCCn1c(COc2ccccc2-c2ccccc2)nnc1SCc1ccc(SC)cc1. The average Bonchev–Trinajstić information content (AvgIpc) is 3.27. The molecule has 170 valence electrons. The number of hydrogen-bond donors (Lipinski definition) is 0. The van der Waals surface area contributed by atoms with Gasteiger partial charge in [0.05, 0.1) is 6.61 Å². The fraction of sp³-hybridized carbons (Fsp3) is 0.231. The summed E-state index contributed by atoms with van der Waals surface area (Å²) in [5, 5.41) is 9.75. The lowest BCUT2D eigenvalue weighted by atomic mass is 10.1. The zero-order valence-electron chi connectivity index (χ0n) is 18.8. The quantitative estimate of drug-likeness (QED) is 0.240. The standard InChI is InChI=1S/C26H27N3O2S2/c1-30-17-16-29-25(27-28-26(29)33-19-20-12-14-22(32-2)15-13-20)18-31-24-11-7-6-10-23(24)21-8-4-3-5-9-21/h3-15H,16-19H2,1-2H3. The van der Waals surface area contributed by atoms with Crippen LogP contribution in [0, 0.1) is 0 Å². The number of benzene rings is 3. The van der Waals surface area contributed by atoms with Gasteiger partial charge in [0.25, 0.3) is 0 Å². The van der Waals surface area contributed by atoms with Crippen LogP contribution < -0.4 is 4.74 Å². The van der Waals surface area contributed by atoms with Gasteiger partial charge < -0.3 is 14.0 Å². The summed E-state index contributed by atoms with van der Waals surface area (Å²) < 4.78 is 13.6. The molecule has 0 saturated carbocycles. The Kier molecular flexibility index (Phi) is 8.47. The number of hydrogen-bond acceptors (Lipinski definition) is 6. The second-order valence-corrected chi connectivity index (χ2v) is 9.15. The Morgan fingerprint density at radius 3 is 2.39 bits per heavy atom. The van der Waals surface area contributed by atoms with E-state index in [0.29, 0.717) is 19.8 Å². The molecule has 33 heavy (non-hydrogen) atoms. The van der Waals surface area contributed by atoms with Crippen LogP contribution in [0.3, 0.4) is 0 Å². The highest BCUT2D eigenvalue weighted by atomic mass is 32.2. The summed E-state index contributed by atoms with van der Waals surface area (Å²) in [5.41, 5.74) is 3.44. The summed E-state index contributed by atoms with van der Waals surface area (Å²) in [7, 11) is 1.71. The van der Waals surface area contributed by atoms with Crippen molar-refractivity contribution in [1.82, 2.24) is 14.8 Å². The van der Waals surface area contributed by atoms with Gasteiger partial charge in [0.1, 0.15) is 12.4 Å². The number of para-hydroxylation sites is 1. The van der Waals surface area contributed by atoms with E-state index in [9.17, 15) is 0 Å². The highest BCUT2D eigenvalue weighted by molar-refractivity contribution is 7.98. The van der Waals surface area contributed by atoms with Gasteiger partial charge in [-0.25, -0.2) is 0 Å². The Morgan fingerprint density at radius 2 is 1.64 bits per heavy atom. The second-order valence-electron chi connectivity index (χ2n) is 7.33. The molecule has 7 heteroatoms. The highest BCUT2D eigenvalue weighted by Gasteiger charge is 2.15. The summed E-state index contributed by atoms with van der Waals surface area (Å²) in [6.45, 7) is 1.60. The first-order valence-electron chi connectivity index (χ1n) is 10.7. The van der Waals surface area contributed by atoms with Crippen LogP contribution in [-0.4, -0.2) is 34.7 Å². The van der Waals surface area contributed by atoms with Gasteiger partial charge in [0.2, 0.25) is 0 Å². The summed E-state index contributed by atoms with van der Waals surface area (Å²) in [6, 6.07) is 27.0. The van der Waals surface area contributed by atoms with E-state index in [4.69, 9.17) is 9.47 Å². The minimum absolute atomic E-state index is 0.337. The number of nitrogens with zero attached hydrogens (tertiary/aromatic N) is 3. The van der Waals surface area contributed by atoms with Gasteiger partial charge in [-0.2, -0.15) is 0 Å². The van der Waals surface area contributed by atoms with Gasteiger partial charge >= 0.3 is 0 Å². The van der Waals surface area contributed by atoms with Crippen LogP contribution in [0.4, 0.5) is 0 Å². The van der Waals surface area contributed by atoms with Crippen LogP contribution in [0.15, 0.2) is 88.9 Å². The second kappa shape index (κ2) is 11.9. The maximum Gasteiger partial charge on any atom is 0.191 e. The highest BCUT2D eigenvalue weighted by Crippen LogP contribution is 2.30. The predicted octanol–water partition coefficient (Wildman–Crippen LogP) is 6.18. The molecular weight excluding hydrogens is 450 g/mol. The number of rotatable bonds is 11. The van der Waals surface area contributed by atoms with Gasteiger partial charge in [0.15, 0.2) is 11.0 Å². The number of ether oxygens (including phenoxy) is 2. The Labute approximate surface area is 203 Å². The number of thioether (sulfide) groups is 2. The van der Waals surface area contributed by atoms with Crippen molar-refractivity contribution in [1.29, 1.82) is 0 Å². The maximum atomic E-state index is 6.22. The Balaban J connectivity index is 1.48. The van der Waals surface area contributed by atoms with E-state index >= 15 is 0 Å². The van der Waals surface area contributed by atoms with E-state index in [1.54, 1.807) is 30.6 Å². The van der Waals surface area contributed by atoms with Crippen molar-refractivity contribution in [2.24, 2.45) is 0 Å². The minimum Gasteiger partial charge on any atom is -0.485 e. The summed E-state index contributed by atoms with van der Waals surface area (Å²) in [6.07, 6.45) is 2.09. The molecule has 0 N–H and O–H groups in total. The van der Waals surface area contributed by atoms with Crippen LogP contribution in [0.1, 0.15) is 11.4 Å². The maximum absolute atomic E-state index is 6.22. The lowest BCUT2D eigenvalue weighted by molar-refractivity contribution is 0.181. The van der Waals surface area contributed by atoms with Gasteiger partial charge in [-0.15, -0.1) is 22.0 Å². The van der Waals surface area contributed by atoms with E-state index in [1.807, 2.05) is 36.4 Å². The monoisotopic (exact) mass is 477 g/mol. The average molecular weight is 478 g/mol. The van der Waals surface area contributed by atoms with Crippen molar-refractivity contribution in [3.63, 3.8) is 0 Å². The topological polar surface area (TPSA) is 49.2 Å². The molecule has 1 heterocycles. The van der Waals surface area contributed by atoms with Crippen LogP contribution in [0.5, 0.6) is 5.75 Å². The molecule has 0 atom stereocenters. The lowest BCUT2D eigenvalue weighted by Crippen LogP contribution is -2.12. The molecule has 5 nitrogen and oxygen atoms in total. The third-order valence-corrected chi connectivity index (χ3v) is 6.95. The Hall–Kier alpha value is -2.74. The smallest absolute Gasteiger partial charge is 0.191 e. The van der Waals surface area contributed by atoms with E-state index in [0.717, 1.165) is 33.6 Å². The first-order chi connectivity index (χ1) is 16.3. The van der Waals surface area contributed by atoms with Gasteiger partial charge in [-0.3, -0.25) is 0 Å². The normalized spacial score (nSPS) is 11.0. The Bertz CT molecular complexity index is 1150. The summed E-state index contributed by atoms with van der Waals surface area (Å²) in [4.78, 5) is 1.27. The van der Waals surface area contributed by atoms with E-state index in [2.05, 4.69) is 63.5 Å². The Morgan fingerprint density at radius 1 is 0.879 bits per heavy atom. The third kappa shape index (κ3) is 6.19. The van der Waals surface area contributed by atoms with Crippen molar-refractivity contribution in [3.8, 4) is 16.9 Å². The minimum atomic E-state index is 0.337. The van der Waals surface area contributed by atoms with E-state index in [1.165, 1.54) is 10.5 Å². The van der Waals surface area contributed by atoms with Gasteiger partial charge in [0, 0.05) is 29.9 Å². The molecule has 1 aromatic heterocycles. The summed E-state index contributed by atoms with van der Waals surface area (Å²) >= 11 is 3.43. The first-order valence-corrected chi connectivity index (χ1v) is 12.9. The molecule has 0 amide bonds. The van der Waals surface area contributed by atoms with Crippen LogP contribution >= 0.6 is 23.5 Å². The number of methoxy groups -OCH3 is 1. The zero-order chi connectivity index (χ0) is 22.9. The zero-order valence-corrected chi connectivity index (χ0v) is 20.4. The molecule has 0 saturated heterocycles. The molecule has 0 aliphatic heterocycles. The van der Waals surface area contributed by atoms with Crippen LogP contribution in [0.2, 0.25) is 0 Å². The van der Waals surface area contributed by atoms with E-state index < -0.39 is 0 Å². The van der Waals surface area contributed by atoms with Crippen molar-refractivity contribution in [2.45, 2.75) is 29.0 Å². The lowest BCUT2D eigenvalue weighted by Gasteiger charge is -2.13. The predicted molar refractivity (Wildman–Crippen MR) is 136 cm³/mol. The molecule has 0 unspecified atom stereocenters. The first kappa shape index (κ1) is 23.4. The fourth-order valence-corrected chi connectivity index (χ4v) is 4.75. The number of aromatic nitrogens is 3. The van der Waals surface area contributed by atoms with Gasteiger partial charge in [-0.1, -0.05) is 72.4 Å². The van der Waals surface area contributed by atoms with Crippen molar-refractivity contribution in [3.05, 3.63) is 90.3 Å². The molecule has 4 rings (SSSR count). The molecule has 3 aromatic carbocycles. The molecule has 0 aliphatic carbocycles. The largest absolute Gasteiger partial charge is 0.485 e. The van der Waals surface area contributed by atoms with Gasteiger partial charge in [-0.05, 0) is 35.6 Å². The molecule has 0 aliphatic rings. The molecule has 4 aromatic rings. The molecule has 0 radical (unpaired) electrons. The van der Waals surface area contributed by atoms with Crippen molar-refractivity contribution in [2.75, 3.05) is 20.0 Å².